The van der Waals surface area contributed by atoms with Crippen LogP contribution in [0.3, 0.4) is 0 Å². The van der Waals surface area contributed by atoms with Crippen LogP contribution < -0.4 is 0 Å². The fraction of sp³-hybridized carbons (Fsp3) is 0.529. The summed E-state index contributed by atoms with van der Waals surface area (Å²) in [6.07, 6.45) is 0. The summed E-state index contributed by atoms with van der Waals surface area (Å²) in [5.41, 5.74) is 2.28. The van der Waals surface area contributed by atoms with Gasteiger partial charge in [0.15, 0.2) is 0 Å². The van der Waals surface area contributed by atoms with Crippen molar-refractivity contribution in [1.82, 2.24) is 9.80 Å². The molecule has 3 nitrogen and oxygen atoms in total. The number of rotatable bonds is 3. The molecule has 1 aliphatic heterocycles. The molecule has 108 valence electrons. The van der Waals surface area contributed by atoms with Crippen LogP contribution >= 0.6 is 0 Å². The van der Waals surface area contributed by atoms with Crippen LogP contribution in [0.15, 0.2) is 24.3 Å². The van der Waals surface area contributed by atoms with Gasteiger partial charge in [-0.25, -0.2) is 0 Å². The van der Waals surface area contributed by atoms with Gasteiger partial charge in [0.05, 0.1) is 0 Å². The highest BCUT2D eigenvalue weighted by molar-refractivity contribution is 5.37. The van der Waals surface area contributed by atoms with Gasteiger partial charge in [-0.2, -0.15) is 0 Å². The van der Waals surface area contributed by atoms with Gasteiger partial charge in [0.1, 0.15) is 6.61 Å². The van der Waals surface area contributed by atoms with E-state index in [1.54, 1.807) is 0 Å². The Bertz CT molecular complexity index is 489. The normalized spacial score (nSPS) is 20.4. The number of aliphatic hydroxyl groups is 1. The molecule has 1 saturated heterocycles. The van der Waals surface area contributed by atoms with Crippen molar-refractivity contribution >= 4 is 0 Å². The van der Waals surface area contributed by atoms with E-state index >= 15 is 0 Å². The Balaban J connectivity index is 1.97. The van der Waals surface area contributed by atoms with Gasteiger partial charge < -0.3 is 5.11 Å². The van der Waals surface area contributed by atoms with Crippen molar-refractivity contribution in [3.63, 3.8) is 0 Å². The number of nitrogens with zero attached hydrogens (tertiary/aromatic N) is 2. The first kappa shape index (κ1) is 15.1. The molecule has 1 atom stereocenters. The maximum atomic E-state index is 8.75. The molecule has 1 aromatic rings. The number of piperazine rings is 1. The smallest absolute Gasteiger partial charge is 0.104 e. The van der Waals surface area contributed by atoms with Crippen LogP contribution in [0.5, 0.6) is 0 Å². The Morgan fingerprint density at radius 2 is 2.20 bits per heavy atom. The Kier molecular flexibility index (Phi) is 5.60. The molecule has 0 aromatic heterocycles. The topological polar surface area (TPSA) is 26.7 Å². The predicted octanol–water partition coefficient (Wildman–Crippen LogP) is 1.56. The van der Waals surface area contributed by atoms with E-state index in [1.165, 1.54) is 5.56 Å². The highest BCUT2D eigenvalue weighted by atomic mass is 16.2. The van der Waals surface area contributed by atoms with E-state index in [0.717, 1.165) is 38.3 Å². The highest BCUT2D eigenvalue weighted by Crippen LogP contribution is 2.13. The Labute approximate surface area is 122 Å². The molecule has 1 unspecified atom stereocenters. The van der Waals surface area contributed by atoms with E-state index < -0.39 is 0 Å². The Morgan fingerprint density at radius 3 is 2.90 bits per heavy atom. The molecule has 1 heterocycles. The summed E-state index contributed by atoms with van der Waals surface area (Å²) in [6.45, 7) is 9.99. The molecule has 0 amide bonds. The van der Waals surface area contributed by atoms with Crippen molar-refractivity contribution in [2.24, 2.45) is 0 Å². The highest BCUT2D eigenvalue weighted by Gasteiger charge is 2.21. The standard InChI is InChI=1S/C17H24N2O/c1-3-19-10-9-18(13-15(19)2)14-17-7-4-6-16(12-17)8-5-11-20/h4,6-7,12,15,20H,3,9-11,13-14H2,1-2H3. The first-order chi connectivity index (χ1) is 9.72. The predicted molar refractivity (Wildman–Crippen MR) is 82.4 cm³/mol. The van der Waals surface area contributed by atoms with Crippen molar-refractivity contribution in [3.05, 3.63) is 35.4 Å². The van der Waals surface area contributed by atoms with Crippen LogP contribution in [0, 0.1) is 11.8 Å². The van der Waals surface area contributed by atoms with E-state index in [-0.39, 0.29) is 6.61 Å². The molecule has 0 aliphatic carbocycles. The van der Waals surface area contributed by atoms with E-state index in [9.17, 15) is 0 Å². The molecule has 3 heteroatoms. The van der Waals surface area contributed by atoms with Crippen LogP contribution in [0.4, 0.5) is 0 Å². The Hall–Kier alpha value is -1.34. The third-order valence-corrected chi connectivity index (χ3v) is 3.90. The van der Waals surface area contributed by atoms with Crippen molar-refractivity contribution < 1.29 is 5.11 Å². The molecule has 1 N–H and O–H groups in total. The molecule has 0 radical (unpaired) electrons. The second-order valence-corrected chi connectivity index (χ2v) is 5.37. The van der Waals surface area contributed by atoms with Crippen LogP contribution in [0.1, 0.15) is 25.0 Å². The van der Waals surface area contributed by atoms with Gasteiger partial charge in [0.2, 0.25) is 0 Å². The number of benzene rings is 1. The number of hydrogen-bond donors (Lipinski definition) is 1. The van der Waals surface area contributed by atoms with Crippen LogP contribution in [0.2, 0.25) is 0 Å². The van der Waals surface area contributed by atoms with Crippen LogP contribution in [0.25, 0.3) is 0 Å². The fourth-order valence-electron chi connectivity index (χ4n) is 2.83. The maximum Gasteiger partial charge on any atom is 0.104 e. The zero-order valence-corrected chi connectivity index (χ0v) is 12.5. The lowest BCUT2D eigenvalue weighted by molar-refractivity contribution is 0.0834. The second kappa shape index (κ2) is 7.44. The minimum absolute atomic E-state index is 0.0826. The van der Waals surface area contributed by atoms with Crippen LogP contribution in [-0.4, -0.2) is 53.7 Å². The molecule has 20 heavy (non-hydrogen) atoms. The monoisotopic (exact) mass is 272 g/mol. The first-order valence-corrected chi connectivity index (χ1v) is 7.38. The molecule has 1 aliphatic rings. The number of hydrogen-bond acceptors (Lipinski definition) is 3. The SMILES string of the molecule is CCN1CCN(Cc2cccc(C#CCO)c2)CC1C. The minimum atomic E-state index is -0.0826. The van der Waals surface area contributed by atoms with Crippen molar-refractivity contribution in [1.29, 1.82) is 0 Å². The molecular weight excluding hydrogens is 248 g/mol. The lowest BCUT2D eigenvalue weighted by Gasteiger charge is -2.39. The van der Waals surface area contributed by atoms with Gasteiger partial charge in [-0.15, -0.1) is 0 Å². The van der Waals surface area contributed by atoms with E-state index in [2.05, 4.69) is 47.6 Å². The van der Waals surface area contributed by atoms with E-state index in [0.29, 0.717) is 6.04 Å². The maximum absolute atomic E-state index is 8.75. The lowest BCUT2D eigenvalue weighted by atomic mass is 10.1. The zero-order valence-electron chi connectivity index (χ0n) is 12.5. The summed E-state index contributed by atoms with van der Waals surface area (Å²) >= 11 is 0. The van der Waals surface area contributed by atoms with E-state index in [4.69, 9.17) is 5.11 Å². The molecule has 1 fully saturated rings. The summed E-state index contributed by atoms with van der Waals surface area (Å²) in [6, 6.07) is 8.94. The zero-order chi connectivity index (χ0) is 14.4. The van der Waals surface area contributed by atoms with Gasteiger partial charge in [-0.05, 0) is 31.2 Å². The summed E-state index contributed by atoms with van der Waals surface area (Å²) in [5, 5.41) is 8.75. The van der Waals surface area contributed by atoms with Gasteiger partial charge >= 0.3 is 0 Å². The molecule has 0 bridgehead atoms. The molecule has 0 saturated carbocycles. The third-order valence-electron chi connectivity index (χ3n) is 3.90. The van der Waals surface area contributed by atoms with Crippen molar-refractivity contribution in [3.8, 4) is 11.8 Å². The summed E-state index contributed by atoms with van der Waals surface area (Å²) in [5.74, 6) is 5.67. The van der Waals surface area contributed by atoms with Gasteiger partial charge in [0, 0.05) is 37.8 Å². The quantitative estimate of drug-likeness (QED) is 0.846. The summed E-state index contributed by atoms with van der Waals surface area (Å²) < 4.78 is 0. The fourth-order valence-corrected chi connectivity index (χ4v) is 2.83. The van der Waals surface area contributed by atoms with Crippen molar-refractivity contribution in [2.75, 3.05) is 32.8 Å². The average molecular weight is 272 g/mol. The van der Waals surface area contributed by atoms with E-state index in [1.807, 2.05) is 12.1 Å². The average Bonchev–Trinajstić information content (AvgIpc) is 2.46. The second-order valence-electron chi connectivity index (χ2n) is 5.37. The molecule has 1 aromatic carbocycles. The van der Waals surface area contributed by atoms with Crippen molar-refractivity contribution in [2.45, 2.75) is 26.4 Å². The molecular formula is C17H24N2O. The largest absolute Gasteiger partial charge is 0.384 e. The molecule has 2 rings (SSSR count). The molecule has 0 spiro atoms. The third kappa shape index (κ3) is 4.08. The number of aliphatic hydroxyl groups excluding tert-OH is 1. The van der Waals surface area contributed by atoms with Gasteiger partial charge in [0.25, 0.3) is 0 Å². The first-order valence-electron chi connectivity index (χ1n) is 7.38. The summed E-state index contributed by atoms with van der Waals surface area (Å²) in [4.78, 5) is 5.04. The lowest BCUT2D eigenvalue weighted by Crippen LogP contribution is -2.51. The van der Waals surface area contributed by atoms with Gasteiger partial charge in [-0.1, -0.05) is 30.9 Å². The number of likely N-dealkylation sites (N-methyl/N-ethyl adjacent to an activating group) is 1. The summed E-state index contributed by atoms with van der Waals surface area (Å²) in [7, 11) is 0. The van der Waals surface area contributed by atoms with Gasteiger partial charge in [-0.3, -0.25) is 9.80 Å². The van der Waals surface area contributed by atoms with Crippen LogP contribution in [-0.2, 0) is 6.54 Å². The Morgan fingerprint density at radius 1 is 1.35 bits per heavy atom. The minimum Gasteiger partial charge on any atom is -0.384 e.